The van der Waals surface area contributed by atoms with Crippen molar-refractivity contribution in [2.45, 2.75) is 64.0 Å². The number of hydrogen-bond donors (Lipinski definition) is 0. The molecule has 1 unspecified atom stereocenters. The molecule has 1 atom stereocenters. The largest absolute Gasteiger partial charge is 0.216 e. The zero-order valence-corrected chi connectivity index (χ0v) is 12.0. The van der Waals surface area contributed by atoms with E-state index in [9.17, 15) is 8.42 Å². The van der Waals surface area contributed by atoms with Crippen molar-refractivity contribution in [3.05, 3.63) is 0 Å². The van der Waals surface area contributed by atoms with Crippen LogP contribution in [0.2, 0.25) is 0 Å². The minimum absolute atomic E-state index is 0.191. The van der Waals surface area contributed by atoms with Gasteiger partial charge < -0.3 is 0 Å². The maximum atomic E-state index is 11.9. The molecule has 0 aromatic heterocycles. The predicted molar refractivity (Wildman–Crippen MR) is 70.1 cm³/mol. The first-order valence-corrected chi connectivity index (χ1v) is 7.88. The van der Waals surface area contributed by atoms with Crippen LogP contribution in [0.5, 0.6) is 0 Å². The lowest BCUT2D eigenvalue weighted by atomic mass is 10.1. The molecule has 98 valence electrons. The van der Waals surface area contributed by atoms with Gasteiger partial charge in [0, 0.05) is 14.1 Å². The zero-order chi connectivity index (χ0) is 12.6. The van der Waals surface area contributed by atoms with E-state index in [-0.39, 0.29) is 5.25 Å². The third-order valence-corrected chi connectivity index (χ3v) is 5.44. The van der Waals surface area contributed by atoms with Gasteiger partial charge in [0.1, 0.15) is 0 Å². The van der Waals surface area contributed by atoms with Crippen molar-refractivity contribution in [3.8, 4) is 0 Å². The SMILES string of the molecule is CCCCCCCC(CC)S(=O)(=O)N(C)C. The molecule has 0 saturated carbocycles. The summed E-state index contributed by atoms with van der Waals surface area (Å²) in [6, 6.07) is 0. The summed E-state index contributed by atoms with van der Waals surface area (Å²) in [7, 11) is 0.192. The molecule has 3 nitrogen and oxygen atoms in total. The van der Waals surface area contributed by atoms with Gasteiger partial charge in [0.05, 0.1) is 5.25 Å². The van der Waals surface area contributed by atoms with Crippen molar-refractivity contribution in [2.75, 3.05) is 14.1 Å². The predicted octanol–water partition coefficient (Wildman–Crippen LogP) is 3.02. The van der Waals surface area contributed by atoms with E-state index in [4.69, 9.17) is 0 Å². The maximum absolute atomic E-state index is 11.9. The Morgan fingerprint density at radius 1 is 1.00 bits per heavy atom. The fraction of sp³-hybridized carbons (Fsp3) is 1.00. The van der Waals surface area contributed by atoms with Crippen LogP contribution in [-0.4, -0.2) is 32.1 Å². The molecule has 16 heavy (non-hydrogen) atoms. The van der Waals surface area contributed by atoms with E-state index in [2.05, 4.69) is 6.92 Å². The summed E-state index contributed by atoms with van der Waals surface area (Å²) in [5.41, 5.74) is 0. The van der Waals surface area contributed by atoms with Crippen LogP contribution in [0.1, 0.15) is 58.8 Å². The highest BCUT2D eigenvalue weighted by Gasteiger charge is 2.25. The van der Waals surface area contributed by atoms with Crippen molar-refractivity contribution in [1.29, 1.82) is 0 Å². The van der Waals surface area contributed by atoms with Gasteiger partial charge in [-0.05, 0) is 12.8 Å². The van der Waals surface area contributed by atoms with Crippen LogP contribution in [0.3, 0.4) is 0 Å². The van der Waals surface area contributed by atoms with Crippen LogP contribution in [0, 0.1) is 0 Å². The highest BCUT2D eigenvalue weighted by Crippen LogP contribution is 2.17. The summed E-state index contributed by atoms with van der Waals surface area (Å²) in [6.07, 6.45) is 7.44. The van der Waals surface area contributed by atoms with Gasteiger partial charge in [-0.1, -0.05) is 46.0 Å². The van der Waals surface area contributed by atoms with Crippen molar-refractivity contribution < 1.29 is 8.42 Å². The Morgan fingerprint density at radius 3 is 2.00 bits per heavy atom. The van der Waals surface area contributed by atoms with Crippen molar-refractivity contribution in [3.63, 3.8) is 0 Å². The number of sulfonamides is 1. The number of hydrogen-bond acceptors (Lipinski definition) is 2. The Labute approximate surface area is 101 Å². The molecular weight excluding hydrogens is 222 g/mol. The second kappa shape index (κ2) is 8.07. The molecule has 0 fully saturated rings. The summed E-state index contributed by atoms with van der Waals surface area (Å²) in [4.78, 5) is 0. The van der Waals surface area contributed by atoms with Gasteiger partial charge in [-0.2, -0.15) is 0 Å². The quantitative estimate of drug-likeness (QED) is 0.589. The first kappa shape index (κ1) is 15.9. The summed E-state index contributed by atoms with van der Waals surface area (Å²) in [6.45, 7) is 4.14. The van der Waals surface area contributed by atoms with E-state index in [0.717, 1.165) is 19.3 Å². The van der Waals surface area contributed by atoms with Gasteiger partial charge >= 0.3 is 0 Å². The van der Waals surface area contributed by atoms with Gasteiger partial charge in [0.15, 0.2) is 0 Å². The van der Waals surface area contributed by atoms with E-state index < -0.39 is 10.0 Å². The fourth-order valence-corrected chi connectivity index (χ4v) is 3.32. The average Bonchev–Trinajstić information content (AvgIpc) is 2.22. The van der Waals surface area contributed by atoms with Gasteiger partial charge in [-0.3, -0.25) is 0 Å². The summed E-state index contributed by atoms with van der Waals surface area (Å²) >= 11 is 0. The molecule has 0 aliphatic heterocycles. The molecule has 4 heteroatoms. The number of unbranched alkanes of at least 4 members (excludes halogenated alkanes) is 4. The topological polar surface area (TPSA) is 37.4 Å². The Hall–Kier alpha value is -0.0900. The molecule has 0 N–H and O–H groups in total. The highest BCUT2D eigenvalue weighted by atomic mass is 32.2. The molecule has 0 aliphatic carbocycles. The van der Waals surface area contributed by atoms with Crippen LogP contribution < -0.4 is 0 Å². The lowest BCUT2D eigenvalue weighted by Gasteiger charge is -2.20. The van der Waals surface area contributed by atoms with E-state index in [1.165, 1.54) is 23.6 Å². The maximum Gasteiger partial charge on any atom is 0.216 e. The Morgan fingerprint density at radius 2 is 1.56 bits per heavy atom. The molecule has 0 aliphatic rings. The lowest BCUT2D eigenvalue weighted by Crippen LogP contribution is -2.33. The molecule has 0 spiro atoms. The summed E-state index contributed by atoms with van der Waals surface area (Å²) in [5, 5.41) is -0.191. The second-order valence-electron chi connectivity index (χ2n) is 4.56. The van der Waals surface area contributed by atoms with E-state index in [1.807, 2.05) is 6.92 Å². The Balaban J connectivity index is 4.02. The van der Waals surface area contributed by atoms with Crippen LogP contribution in [0.25, 0.3) is 0 Å². The lowest BCUT2D eigenvalue weighted by molar-refractivity contribution is 0.487. The second-order valence-corrected chi connectivity index (χ2v) is 6.99. The molecule has 0 radical (unpaired) electrons. The molecule has 0 aromatic rings. The standard InChI is InChI=1S/C12H27NO2S/c1-5-7-8-9-10-11-12(6-2)16(14,15)13(3)4/h12H,5-11H2,1-4H3. The number of rotatable bonds is 9. The highest BCUT2D eigenvalue weighted by molar-refractivity contribution is 7.89. The normalized spacial score (nSPS) is 14.3. The third-order valence-electron chi connectivity index (χ3n) is 3.02. The Bertz CT molecular complexity index is 260. The third kappa shape index (κ3) is 5.30. The van der Waals surface area contributed by atoms with E-state index in [0.29, 0.717) is 6.42 Å². The van der Waals surface area contributed by atoms with Gasteiger partial charge in [-0.25, -0.2) is 12.7 Å². The monoisotopic (exact) mass is 249 g/mol. The molecular formula is C12H27NO2S. The first-order valence-electron chi connectivity index (χ1n) is 6.38. The van der Waals surface area contributed by atoms with Crippen LogP contribution >= 0.6 is 0 Å². The van der Waals surface area contributed by atoms with Crippen molar-refractivity contribution in [2.24, 2.45) is 0 Å². The van der Waals surface area contributed by atoms with Crippen molar-refractivity contribution >= 4 is 10.0 Å². The molecule has 0 rings (SSSR count). The molecule has 0 amide bonds. The molecule has 0 aromatic carbocycles. The van der Waals surface area contributed by atoms with Crippen molar-refractivity contribution in [1.82, 2.24) is 4.31 Å². The van der Waals surface area contributed by atoms with Gasteiger partial charge in [0.2, 0.25) is 10.0 Å². The average molecular weight is 249 g/mol. The fourth-order valence-electron chi connectivity index (χ4n) is 1.84. The van der Waals surface area contributed by atoms with Gasteiger partial charge in [0.25, 0.3) is 0 Å². The first-order chi connectivity index (χ1) is 7.46. The van der Waals surface area contributed by atoms with Crippen LogP contribution in [0.15, 0.2) is 0 Å². The number of nitrogens with zero attached hydrogens (tertiary/aromatic N) is 1. The van der Waals surface area contributed by atoms with E-state index in [1.54, 1.807) is 14.1 Å². The molecule has 0 heterocycles. The zero-order valence-electron chi connectivity index (χ0n) is 11.2. The smallest absolute Gasteiger partial charge is 0.212 e. The minimum atomic E-state index is -3.05. The summed E-state index contributed by atoms with van der Waals surface area (Å²) < 4.78 is 25.2. The van der Waals surface area contributed by atoms with Crippen LogP contribution in [0.4, 0.5) is 0 Å². The molecule has 0 saturated heterocycles. The van der Waals surface area contributed by atoms with Crippen LogP contribution in [-0.2, 0) is 10.0 Å². The molecule has 0 bridgehead atoms. The van der Waals surface area contributed by atoms with Gasteiger partial charge in [-0.15, -0.1) is 0 Å². The Kier molecular flexibility index (Phi) is 8.02. The minimum Gasteiger partial charge on any atom is -0.212 e. The summed E-state index contributed by atoms with van der Waals surface area (Å²) in [5.74, 6) is 0. The van der Waals surface area contributed by atoms with E-state index >= 15 is 0 Å².